The summed E-state index contributed by atoms with van der Waals surface area (Å²) in [4.78, 5) is 0. The summed E-state index contributed by atoms with van der Waals surface area (Å²) in [5.74, 6) is 0.505. The van der Waals surface area contributed by atoms with E-state index in [0.717, 1.165) is 0 Å². The summed E-state index contributed by atoms with van der Waals surface area (Å²) in [6.07, 6.45) is 6.57. The normalized spacial score (nSPS) is 12.9. The van der Waals surface area contributed by atoms with Crippen LogP contribution in [0.3, 0.4) is 0 Å². The smallest absolute Gasteiger partial charge is 0.0785 e. The summed E-state index contributed by atoms with van der Waals surface area (Å²) >= 11 is 0. The Bertz CT molecular complexity index is 383. The molecule has 98 valence electrons. The van der Waals surface area contributed by atoms with E-state index in [-0.39, 0.29) is 6.10 Å². The Labute approximate surface area is 111 Å². The molecule has 0 bridgehead atoms. The first kappa shape index (κ1) is 14.7. The molecule has 1 atom stereocenters. The summed E-state index contributed by atoms with van der Waals surface area (Å²) in [5, 5.41) is 0. The van der Waals surface area contributed by atoms with Gasteiger partial charge in [-0.1, -0.05) is 68.0 Å². The van der Waals surface area contributed by atoms with E-state index in [0.29, 0.717) is 12.5 Å². The van der Waals surface area contributed by atoms with Crippen LogP contribution in [0.4, 0.5) is 0 Å². The molecule has 0 heterocycles. The Balaban J connectivity index is 2.44. The zero-order valence-corrected chi connectivity index (χ0v) is 11.9. The second kappa shape index (κ2) is 7.88. The van der Waals surface area contributed by atoms with Gasteiger partial charge in [-0.15, -0.1) is 0 Å². The Morgan fingerprint density at radius 2 is 1.83 bits per heavy atom. The molecular weight excluding hydrogens is 220 g/mol. The van der Waals surface area contributed by atoms with E-state index < -0.39 is 0 Å². The van der Waals surface area contributed by atoms with Crippen LogP contribution < -0.4 is 0 Å². The molecule has 0 N–H and O–H groups in total. The molecule has 1 nitrogen and oxygen atoms in total. The third kappa shape index (κ3) is 5.83. The molecule has 0 amide bonds. The predicted octanol–water partition coefficient (Wildman–Crippen LogP) is 4.71. The zero-order valence-electron chi connectivity index (χ0n) is 11.9. The minimum absolute atomic E-state index is 0.204. The molecule has 18 heavy (non-hydrogen) atoms. The Kier molecular flexibility index (Phi) is 6.45. The number of ether oxygens (including phenoxy) is 1. The molecule has 1 unspecified atom stereocenters. The maximum Gasteiger partial charge on any atom is 0.0785 e. The molecule has 0 saturated heterocycles. The highest BCUT2D eigenvalue weighted by atomic mass is 16.5. The summed E-state index contributed by atoms with van der Waals surface area (Å²) in [5.41, 5.74) is 2.52. The lowest BCUT2D eigenvalue weighted by Gasteiger charge is -2.17. The lowest BCUT2D eigenvalue weighted by Crippen LogP contribution is -2.17. The van der Waals surface area contributed by atoms with Crippen molar-refractivity contribution in [2.75, 3.05) is 6.61 Å². The second-order valence-corrected chi connectivity index (χ2v) is 5.10. The quantitative estimate of drug-likeness (QED) is 0.659. The van der Waals surface area contributed by atoms with Crippen LogP contribution in [0.15, 0.2) is 48.1 Å². The van der Waals surface area contributed by atoms with Gasteiger partial charge in [0.05, 0.1) is 12.7 Å². The van der Waals surface area contributed by atoms with Crippen LogP contribution in [0.25, 0.3) is 6.08 Å². The number of hydrogen-bond donors (Lipinski definition) is 0. The van der Waals surface area contributed by atoms with Gasteiger partial charge in [0.2, 0.25) is 0 Å². The van der Waals surface area contributed by atoms with Gasteiger partial charge in [0.25, 0.3) is 0 Å². The van der Waals surface area contributed by atoms with Crippen LogP contribution in [0.5, 0.6) is 0 Å². The van der Waals surface area contributed by atoms with Crippen molar-refractivity contribution in [1.82, 2.24) is 0 Å². The van der Waals surface area contributed by atoms with Gasteiger partial charge in [-0.3, -0.25) is 0 Å². The van der Waals surface area contributed by atoms with Crippen LogP contribution in [0.1, 0.15) is 33.3 Å². The van der Waals surface area contributed by atoms with E-state index in [1.807, 2.05) is 18.2 Å². The largest absolute Gasteiger partial charge is 0.370 e. The first-order chi connectivity index (χ1) is 8.59. The van der Waals surface area contributed by atoms with Gasteiger partial charge in [-0.25, -0.2) is 0 Å². The number of benzene rings is 1. The van der Waals surface area contributed by atoms with Gasteiger partial charge in [0.15, 0.2) is 0 Å². The molecule has 0 radical (unpaired) electrons. The van der Waals surface area contributed by atoms with E-state index in [1.54, 1.807) is 0 Å². The molecule has 1 aromatic rings. The standard InChI is InChI=1S/C17H24O/c1-14(2)13-17(15(3)4)18-12-8-11-16-9-6-5-7-10-16/h5-11,13,15,17H,12H2,1-4H3/b11-8+. The first-order valence-electron chi connectivity index (χ1n) is 6.58. The maximum atomic E-state index is 5.87. The summed E-state index contributed by atoms with van der Waals surface area (Å²) in [7, 11) is 0. The highest BCUT2D eigenvalue weighted by Gasteiger charge is 2.09. The summed E-state index contributed by atoms with van der Waals surface area (Å²) in [6, 6.07) is 10.3. The zero-order chi connectivity index (χ0) is 13.4. The predicted molar refractivity (Wildman–Crippen MR) is 79.5 cm³/mol. The van der Waals surface area contributed by atoms with Crippen molar-refractivity contribution in [2.45, 2.75) is 33.8 Å². The minimum atomic E-state index is 0.204. The van der Waals surface area contributed by atoms with Crippen molar-refractivity contribution in [3.05, 3.63) is 53.6 Å². The van der Waals surface area contributed by atoms with Gasteiger partial charge in [-0.2, -0.15) is 0 Å². The summed E-state index contributed by atoms with van der Waals surface area (Å²) in [6.45, 7) is 9.24. The van der Waals surface area contributed by atoms with E-state index >= 15 is 0 Å². The van der Waals surface area contributed by atoms with Gasteiger partial charge in [0.1, 0.15) is 0 Å². The molecule has 1 aromatic carbocycles. The van der Waals surface area contributed by atoms with Crippen molar-refractivity contribution in [1.29, 1.82) is 0 Å². The van der Waals surface area contributed by atoms with Crippen LogP contribution >= 0.6 is 0 Å². The van der Waals surface area contributed by atoms with E-state index in [4.69, 9.17) is 4.74 Å². The fourth-order valence-electron chi connectivity index (χ4n) is 1.68. The second-order valence-electron chi connectivity index (χ2n) is 5.10. The van der Waals surface area contributed by atoms with Crippen molar-refractivity contribution in [2.24, 2.45) is 5.92 Å². The molecule has 0 fully saturated rings. The molecule has 1 rings (SSSR count). The topological polar surface area (TPSA) is 9.23 Å². The minimum Gasteiger partial charge on any atom is -0.370 e. The molecule has 0 aliphatic heterocycles. The van der Waals surface area contributed by atoms with Crippen LogP contribution in [-0.4, -0.2) is 12.7 Å². The van der Waals surface area contributed by atoms with Crippen LogP contribution in [0, 0.1) is 5.92 Å². The van der Waals surface area contributed by atoms with Gasteiger partial charge < -0.3 is 4.74 Å². The van der Waals surface area contributed by atoms with Crippen molar-refractivity contribution < 1.29 is 4.74 Å². The molecule has 0 aromatic heterocycles. The maximum absolute atomic E-state index is 5.87. The monoisotopic (exact) mass is 244 g/mol. The third-order valence-corrected chi connectivity index (χ3v) is 2.65. The average molecular weight is 244 g/mol. The van der Waals surface area contributed by atoms with E-state index in [1.165, 1.54) is 11.1 Å². The Morgan fingerprint density at radius 1 is 1.17 bits per heavy atom. The fourth-order valence-corrected chi connectivity index (χ4v) is 1.68. The average Bonchev–Trinajstić information content (AvgIpc) is 2.33. The first-order valence-corrected chi connectivity index (χ1v) is 6.58. The number of hydrogen-bond acceptors (Lipinski definition) is 1. The highest BCUT2D eigenvalue weighted by molar-refractivity contribution is 5.48. The van der Waals surface area contributed by atoms with Gasteiger partial charge in [0, 0.05) is 0 Å². The number of rotatable bonds is 6. The molecule has 1 heteroatoms. The lowest BCUT2D eigenvalue weighted by molar-refractivity contribution is 0.0755. The fraction of sp³-hybridized carbons (Fsp3) is 0.412. The molecular formula is C17H24O. The molecule has 0 spiro atoms. The highest BCUT2D eigenvalue weighted by Crippen LogP contribution is 2.11. The van der Waals surface area contributed by atoms with Crippen molar-refractivity contribution in [3.63, 3.8) is 0 Å². The van der Waals surface area contributed by atoms with E-state index in [2.05, 4.69) is 58.1 Å². The van der Waals surface area contributed by atoms with Gasteiger partial charge >= 0.3 is 0 Å². The molecule has 0 saturated carbocycles. The molecule has 0 aliphatic carbocycles. The SMILES string of the molecule is CC(C)=CC(OC/C=C/c1ccccc1)C(C)C. The lowest BCUT2D eigenvalue weighted by atomic mass is 10.1. The van der Waals surface area contributed by atoms with Crippen LogP contribution in [-0.2, 0) is 4.74 Å². The third-order valence-electron chi connectivity index (χ3n) is 2.65. The van der Waals surface area contributed by atoms with Crippen molar-refractivity contribution in [3.8, 4) is 0 Å². The number of allylic oxidation sites excluding steroid dienone is 1. The van der Waals surface area contributed by atoms with E-state index in [9.17, 15) is 0 Å². The molecule has 0 aliphatic rings. The Hall–Kier alpha value is -1.34. The van der Waals surface area contributed by atoms with Gasteiger partial charge in [-0.05, 0) is 25.3 Å². The summed E-state index contributed by atoms with van der Waals surface area (Å²) < 4.78 is 5.87. The Morgan fingerprint density at radius 3 is 2.39 bits per heavy atom. The van der Waals surface area contributed by atoms with Crippen LogP contribution in [0.2, 0.25) is 0 Å². The van der Waals surface area contributed by atoms with Crippen molar-refractivity contribution >= 4 is 6.08 Å².